The Morgan fingerprint density at radius 2 is 2.50 bits per heavy atom. The molecule has 88 valence electrons. The molecule has 2 rings (SSSR count). The Balaban J connectivity index is 2.39. The normalized spacial score (nSPS) is 23.4. The van der Waals surface area contributed by atoms with Crippen molar-refractivity contribution in [2.75, 3.05) is 12.4 Å². The van der Waals surface area contributed by atoms with Gasteiger partial charge in [-0.05, 0) is 20.3 Å². The van der Waals surface area contributed by atoms with Gasteiger partial charge in [-0.3, -0.25) is 4.79 Å². The van der Waals surface area contributed by atoms with Gasteiger partial charge in [-0.15, -0.1) is 0 Å². The summed E-state index contributed by atoms with van der Waals surface area (Å²) in [6, 6.07) is 0.263. The van der Waals surface area contributed by atoms with Crippen LogP contribution in [0, 0.1) is 0 Å². The number of carbonyl (C=O) groups is 1. The van der Waals surface area contributed by atoms with Crippen molar-refractivity contribution in [1.82, 2.24) is 9.78 Å². The van der Waals surface area contributed by atoms with Gasteiger partial charge in [0.25, 0.3) is 0 Å². The fourth-order valence-electron chi connectivity index (χ4n) is 2.19. The van der Waals surface area contributed by atoms with Gasteiger partial charge in [0.15, 0.2) is 0 Å². The number of methoxy groups -OCH3 is 1. The predicted molar refractivity (Wildman–Crippen MR) is 60.4 cm³/mol. The second kappa shape index (κ2) is 4.15. The van der Waals surface area contributed by atoms with Crippen LogP contribution in [0.15, 0.2) is 6.20 Å². The monoisotopic (exact) mass is 223 g/mol. The Bertz CT molecular complexity index is 400. The van der Waals surface area contributed by atoms with Crippen molar-refractivity contribution < 1.29 is 9.53 Å². The summed E-state index contributed by atoms with van der Waals surface area (Å²) in [4.78, 5) is 11.7. The first-order valence-corrected chi connectivity index (χ1v) is 5.57. The van der Waals surface area contributed by atoms with Crippen molar-refractivity contribution >= 4 is 11.8 Å². The SMILES string of the molecule is CCn1ncc2c1N[C@@H](C)C[C@H]2C(=O)OC. The number of fused-ring (bicyclic) bond motifs is 1. The molecule has 0 spiro atoms. The molecule has 1 aromatic rings. The summed E-state index contributed by atoms with van der Waals surface area (Å²) in [6.07, 6.45) is 2.52. The van der Waals surface area contributed by atoms with Gasteiger partial charge >= 0.3 is 5.97 Å². The molecule has 0 radical (unpaired) electrons. The number of aromatic nitrogens is 2. The first-order valence-electron chi connectivity index (χ1n) is 5.57. The Labute approximate surface area is 94.8 Å². The van der Waals surface area contributed by atoms with Gasteiger partial charge in [-0.25, -0.2) is 4.68 Å². The van der Waals surface area contributed by atoms with Gasteiger partial charge in [0, 0.05) is 18.2 Å². The molecule has 0 unspecified atom stereocenters. The van der Waals surface area contributed by atoms with E-state index < -0.39 is 0 Å². The molecule has 0 saturated heterocycles. The maximum absolute atomic E-state index is 11.7. The summed E-state index contributed by atoms with van der Waals surface area (Å²) < 4.78 is 6.71. The fourth-order valence-corrected chi connectivity index (χ4v) is 2.19. The highest BCUT2D eigenvalue weighted by molar-refractivity contribution is 5.81. The van der Waals surface area contributed by atoms with Crippen molar-refractivity contribution in [2.45, 2.75) is 38.8 Å². The quantitative estimate of drug-likeness (QED) is 0.769. The molecule has 0 amide bonds. The van der Waals surface area contributed by atoms with E-state index in [0.29, 0.717) is 0 Å². The van der Waals surface area contributed by atoms with Crippen LogP contribution >= 0.6 is 0 Å². The van der Waals surface area contributed by atoms with E-state index in [1.807, 2.05) is 11.6 Å². The number of ether oxygens (including phenoxy) is 1. The molecule has 0 saturated carbocycles. The van der Waals surface area contributed by atoms with Crippen LogP contribution in [-0.4, -0.2) is 28.9 Å². The van der Waals surface area contributed by atoms with Crippen LogP contribution in [-0.2, 0) is 16.1 Å². The fraction of sp³-hybridized carbons (Fsp3) is 0.636. The van der Waals surface area contributed by atoms with E-state index in [1.165, 1.54) is 7.11 Å². The van der Waals surface area contributed by atoms with Gasteiger partial charge in [0.05, 0.1) is 19.2 Å². The standard InChI is InChI=1S/C11H17N3O2/c1-4-14-10-9(6-12-14)8(11(15)16-3)5-7(2)13-10/h6-8,13H,4-5H2,1-3H3/t7-,8+/m0/s1. The number of hydrogen-bond donors (Lipinski definition) is 1. The van der Waals surface area contributed by atoms with Crippen molar-refractivity contribution in [3.8, 4) is 0 Å². The minimum absolute atomic E-state index is 0.176. The highest BCUT2D eigenvalue weighted by Crippen LogP contribution is 2.34. The molecule has 5 nitrogen and oxygen atoms in total. The average Bonchev–Trinajstić information content (AvgIpc) is 2.69. The largest absolute Gasteiger partial charge is 0.469 e. The lowest BCUT2D eigenvalue weighted by Gasteiger charge is -2.27. The van der Waals surface area contributed by atoms with Gasteiger partial charge in [-0.2, -0.15) is 5.10 Å². The number of carbonyl (C=O) groups excluding carboxylic acids is 1. The van der Waals surface area contributed by atoms with Crippen LogP contribution in [0.3, 0.4) is 0 Å². The van der Waals surface area contributed by atoms with Crippen molar-refractivity contribution in [3.05, 3.63) is 11.8 Å². The van der Waals surface area contributed by atoms with E-state index in [9.17, 15) is 4.79 Å². The van der Waals surface area contributed by atoms with Crippen molar-refractivity contribution in [3.63, 3.8) is 0 Å². The zero-order valence-electron chi connectivity index (χ0n) is 9.86. The molecular formula is C11H17N3O2. The summed E-state index contributed by atoms with van der Waals surface area (Å²) in [5.74, 6) is 0.596. The van der Waals surface area contributed by atoms with Gasteiger partial charge < -0.3 is 10.1 Å². The third-order valence-corrected chi connectivity index (χ3v) is 3.00. The Morgan fingerprint density at radius 3 is 3.12 bits per heavy atom. The number of nitrogens with one attached hydrogen (secondary N) is 1. The molecular weight excluding hydrogens is 206 g/mol. The maximum Gasteiger partial charge on any atom is 0.313 e. The lowest BCUT2D eigenvalue weighted by molar-refractivity contribution is -0.142. The highest BCUT2D eigenvalue weighted by Gasteiger charge is 2.33. The Hall–Kier alpha value is -1.52. The summed E-state index contributed by atoms with van der Waals surface area (Å²) in [7, 11) is 1.43. The number of anilines is 1. The zero-order valence-corrected chi connectivity index (χ0v) is 9.86. The molecule has 0 aromatic carbocycles. The molecule has 5 heteroatoms. The van der Waals surface area contributed by atoms with Crippen LogP contribution in [0.2, 0.25) is 0 Å². The number of aryl methyl sites for hydroxylation is 1. The first kappa shape index (κ1) is 11.0. The summed E-state index contributed by atoms with van der Waals surface area (Å²) in [6.45, 7) is 4.89. The number of esters is 1. The Kier molecular flexibility index (Phi) is 2.85. The van der Waals surface area contributed by atoms with Gasteiger partial charge in [-0.1, -0.05) is 0 Å². The first-order chi connectivity index (χ1) is 7.67. The Morgan fingerprint density at radius 1 is 1.75 bits per heavy atom. The molecule has 1 aliphatic heterocycles. The smallest absolute Gasteiger partial charge is 0.313 e. The topological polar surface area (TPSA) is 56.2 Å². The summed E-state index contributed by atoms with van der Waals surface area (Å²) >= 11 is 0. The van der Waals surface area contributed by atoms with E-state index in [-0.39, 0.29) is 17.9 Å². The van der Waals surface area contributed by atoms with Crippen molar-refractivity contribution in [2.24, 2.45) is 0 Å². The highest BCUT2D eigenvalue weighted by atomic mass is 16.5. The van der Waals surface area contributed by atoms with E-state index in [1.54, 1.807) is 6.20 Å². The van der Waals surface area contributed by atoms with E-state index in [2.05, 4.69) is 17.3 Å². The third-order valence-electron chi connectivity index (χ3n) is 3.00. The molecule has 1 aliphatic rings. The van der Waals surface area contributed by atoms with Crippen molar-refractivity contribution in [1.29, 1.82) is 0 Å². The molecule has 0 fully saturated rings. The van der Waals surface area contributed by atoms with Crippen LogP contribution < -0.4 is 5.32 Å². The van der Waals surface area contributed by atoms with Crippen LogP contribution in [0.5, 0.6) is 0 Å². The van der Waals surface area contributed by atoms with E-state index in [0.717, 1.165) is 24.3 Å². The number of nitrogens with zero attached hydrogens (tertiary/aromatic N) is 2. The molecule has 0 bridgehead atoms. The van der Waals surface area contributed by atoms with Gasteiger partial charge in [0.1, 0.15) is 5.82 Å². The second-order valence-electron chi connectivity index (χ2n) is 4.12. The van der Waals surface area contributed by atoms with Crippen LogP contribution in [0.25, 0.3) is 0 Å². The molecule has 1 N–H and O–H groups in total. The molecule has 0 aliphatic carbocycles. The lowest BCUT2D eigenvalue weighted by Crippen LogP contribution is -2.30. The van der Waals surface area contributed by atoms with Gasteiger partial charge in [0.2, 0.25) is 0 Å². The number of hydrogen-bond acceptors (Lipinski definition) is 4. The molecule has 2 atom stereocenters. The summed E-state index contributed by atoms with van der Waals surface area (Å²) in [5, 5.41) is 7.63. The van der Waals surface area contributed by atoms with E-state index >= 15 is 0 Å². The van der Waals surface area contributed by atoms with Crippen LogP contribution in [0.4, 0.5) is 5.82 Å². The maximum atomic E-state index is 11.7. The number of rotatable bonds is 2. The lowest BCUT2D eigenvalue weighted by atomic mass is 9.91. The van der Waals surface area contributed by atoms with Crippen LogP contribution in [0.1, 0.15) is 31.7 Å². The predicted octanol–water partition coefficient (Wildman–Crippen LogP) is 1.36. The molecule has 2 heterocycles. The summed E-state index contributed by atoms with van der Waals surface area (Å²) in [5.41, 5.74) is 0.951. The zero-order chi connectivity index (χ0) is 11.7. The second-order valence-corrected chi connectivity index (χ2v) is 4.12. The van der Waals surface area contributed by atoms with E-state index in [4.69, 9.17) is 4.74 Å². The molecule has 1 aromatic heterocycles. The average molecular weight is 223 g/mol. The molecule has 16 heavy (non-hydrogen) atoms. The third kappa shape index (κ3) is 1.66. The minimum Gasteiger partial charge on any atom is -0.469 e. The minimum atomic E-state index is -0.184.